The summed E-state index contributed by atoms with van der Waals surface area (Å²) in [4.78, 5) is 13.8. The summed E-state index contributed by atoms with van der Waals surface area (Å²) in [6, 6.07) is 0. The van der Waals surface area contributed by atoms with Gasteiger partial charge in [-0.3, -0.25) is 4.90 Å². The highest BCUT2D eigenvalue weighted by Gasteiger charge is 2.49. The zero-order valence-corrected chi connectivity index (χ0v) is 11.4. The van der Waals surface area contributed by atoms with E-state index in [4.69, 9.17) is 9.47 Å². The maximum absolute atomic E-state index is 12.2. The zero-order chi connectivity index (χ0) is 13.3. The molecule has 0 aromatic heterocycles. The van der Waals surface area contributed by atoms with Crippen LogP contribution in [0.25, 0.3) is 0 Å². The molecule has 1 fully saturated rings. The molecule has 0 aromatic carbocycles. The van der Waals surface area contributed by atoms with Crippen molar-refractivity contribution < 1.29 is 14.3 Å². The molecule has 1 atom stereocenters. The zero-order valence-electron chi connectivity index (χ0n) is 11.4. The summed E-state index contributed by atoms with van der Waals surface area (Å²) < 4.78 is 11.0. The first-order valence-electron chi connectivity index (χ1n) is 5.96. The van der Waals surface area contributed by atoms with Gasteiger partial charge in [-0.2, -0.15) is 0 Å². The molecular formula is C13H23NO3. The first kappa shape index (κ1) is 14.0. The summed E-state index contributed by atoms with van der Waals surface area (Å²) in [7, 11) is 0. The molecule has 0 bridgehead atoms. The van der Waals surface area contributed by atoms with Crippen molar-refractivity contribution in [3.05, 3.63) is 12.7 Å². The van der Waals surface area contributed by atoms with Gasteiger partial charge in [-0.25, -0.2) is 4.79 Å². The number of ether oxygens (including phenoxy) is 2. The van der Waals surface area contributed by atoms with Crippen LogP contribution in [0.5, 0.6) is 0 Å². The van der Waals surface area contributed by atoms with Gasteiger partial charge in [0.25, 0.3) is 0 Å². The second-order valence-corrected chi connectivity index (χ2v) is 5.60. The summed E-state index contributed by atoms with van der Waals surface area (Å²) in [5.41, 5.74) is -0.955. The van der Waals surface area contributed by atoms with Gasteiger partial charge in [0.05, 0.1) is 12.1 Å². The molecule has 0 aliphatic carbocycles. The van der Waals surface area contributed by atoms with E-state index < -0.39 is 5.72 Å². The van der Waals surface area contributed by atoms with Crippen LogP contribution in [-0.4, -0.2) is 35.0 Å². The van der Waals surface area contributed by atoms with E-state index in [1.165, 1.54) is 0 Å². The Hall–Kier alpha value is -1.03. The lowest BCUT2D eigenvalue weighted by Gasteiger charge is -2.37. The average molecular weight is 241 g/mol. The average Bonchev–Trinajstić information content (AvgIpc) is 2.35. The van der Waals surface area contributed by atoms with Gasteiger partial charge in [0, 0.05) is 6.42 Å². The standard InChI is InChI=1S/C13H23NO3/c1-7-8-10(2)17-11(15)14-12(3,4)9-16-13(14,5)6/h7,10H,1,8-9H2,2-6H3. The van der Waals surface area contributed by atoms with E-state index in [9.17, 15) is 4.79 Å². The molecule has 4 heteroatoms. The Morgan fingerprint density at radius 3 is 2.53 bits per heavy atom. The molecule has 98 valence electrons. The quantitative estimate of drug-likeness (QED) is 0.713. The van der Waals surface area contributed by atoms with Crippen molar-refractivity contribution in [1.29, 1.82) is 0 Å². The molecule has 0 aromatic rings. The van der Waals surface area contributed by atoms with E-state index in [0.29, 0.717) is 13.0 Å². The highest BCUT2D eigenvalue weighted by Crippen LogP contribution is 2.35. The number of nitrogens with zero attached hydrogens (tertiary/aromatic N) is 1. The number of rotatable bonds is 3. The van der Waals surface area contributed by atoms with E-state index in [2.05, 4.69) is 6.58 Å². The third-order valence-electron chi connectivity index (χ3n) is 2.91. The monoisotopic (exact) mass is 241 g/mol. The number of carbonyl (C=O) groups is 1. The molecule has 4 nitrogen and oxygen atoms in total. The normalized spacial score (nSPS) is 23.2. The van der Waals surface area contributed by atoms with Gasteiger partial charge in [-0.15, -0.1) is 6.58 Å². The Morgan fingerprint density at radius 2 is 2.12 bits per heavy atom. The lowest BCUT2D eigenvalue weighted by atomic mass is 10.0. The van der Waals surface area contributed by atoms with Gasteiger partial charge in [-0.1, -0.05) is 6.08 Å². The predicted molar refractivity (Wildman–Crippen MR) is 66.7 cm³/mol. The molecule has 1 heterocycles. The molecule has 0 radical (unpaired) electrons. The van der Waals surface area contributed by atoms with Crippen molar-refractivity contribution in [2.75, 3.05) is 6.61 Å². The van der Waals surface area contributed by atoms with Crippen molar-refractivity contribution in [2.24, 2.45) is 0 Å². The van der Waals surface area contributed by atoms with Gasteiger partial charge in [-0.05, 0) is 34.6 Å². The van der Waals surface area contributed by atoms with Crippen LogP contribution in [0, 0.1) is 0 Å². The largest absolute Gasteiger partial charge is 0.446 e. The molecule has 1 rings (SSSR count). The van der Waals surface area contributed by atoms with Crippen LogP contribution in [-0.2, 0) is 9.47 Å². The Kier molecular flexibility index (Phi) is 3.87. The van der Waals surface area contributed by atoms with Gasteiger partial charge in [0.1, 0.15) is 11.8 Å². The van der Waals surface area contributed by atoms with Crippen molar-refractivity contribution in [1.82, 2.24) is 4.90 Å². The Bertz CT molecular complexity index is 294. The Labute approximate surface area is 104 Å². The minimum Gasteiger partial charge on any atom is -0.446 e. The second-order valence-electron chi connectivity index (χ2n) is 5.60. The fourth-order valence-electron chi connectivity index (χ4n) is 2.19. The third-order valence-corrected chi connectivity index (χ3v) is 2.91. The van der Waals surface area contributed by atoms with Crippen LogP contribution in [0.4, 0.5) is 4.79 Å². The van der Waals surface area contributed by atoms with Crippen LogP contribution in [0.15, 0.2) is 12.7 Å². The summed E-state index contributed by atoms with van der Waals surface area (Å²) in [5.74, 6) is 0. The van der Waals surface area contributed by atoms with E-state index in [1.807, 2.05) is 34.6 Å². The molecule has 0 N–H and O–H groups in total. The summed E-state index contributed by atoms with van der Waals surface area (Å²) in [6.45, 7) is 13.7. The minimum atomic E-state index is -0.617. The van der Waals surface area contributed by atoms with Crippen molar-refractivity contribution >= 4 is 6.09 Å². The van der Waals surface area contributed by atoms with Crippen molar-refractivity contribution in [3.8, 4) is 0 Å². The molecule has 0 spiro atoms. The maximum atomic E-state index is 12.2. The number of hydrogen-bond acceptors (Lipinski definition) is 3. The molecule has 1 aliphatic heterocycles. The van der Waals surface area contributed by atoms with Gasteiger partial charge in [0.2, 0.25) is 0 Å². The van der Waals surface area contributed by atoms with E-state index in [1.54, 1.807) is 11.0 Å². The molecule has 1 amide bonds. The fourth-order valence-corrected chi connectivity index (χ4v) is 2.19. The highest BCUT2D eigenvalue weighted by atomic mass is 16.6. The third kappa shape index (κ3) is 3.00. The Morgan fingerprint density at radius 1 is 1.53 bits per heavy atom. The number of hydrogen-bond donors (Lipinski definition) is 0. The topological polar surface area (TPSA) is 38.8 Å². The van der Waals surface area contributed by atoms with Crippen molar-refractivity contribution in [3.63, 3.8) is 0 Å². The fraction of sp³-hybridized carbons (Fsp3) is 0.769. The highest BCUT2D eigenvalue weighted by molar-refractivity contribution is 5.70. The smallest absolute Gasteiger partial charge is 0.412 e. The van der Waals surface area contributed by atoms with Crippen LogP contribution in [0.3, 0.4) is 0 Å². The molecule has 1 unspecified atom stereocenters. The number of amides is 1. The number of carbonyl (C=O) groups excluding carboxylic acids is 1. The first-order valence-corrected chi connectivity index (χ1v) is 5.96. The molecule has 17 heavy (non-hydrogen) atoms. The van der Waals surface area contributed by atoms with E-state index in [-0.39, 0.29) is 17.7 Å². The van der Waals surface area contributed by atoms with E-state index in [0.717, 1.165) is 0 Å². The summed E-state index contributed by atoms with van der Waals surface area (Å²) in [6.07, 6.45) is 1.91. The van der Waals surface area contributed by atoms with Crippen LogP contribution >= 0.6 is 0 Å². The van der Waals surface area contributed by atoms with E-state index >= 15 is 0 Å². The molecule has 1 aliphatic rings. The summed E-state index contributed by atoms with van der Waals surface area (Å²) in [5, 5.41) is 0. The Balaban J connectivity index is 2.76. The molecule has 0 saturated carbocycles. The van der Waals surface area contributed by atoms with Gasteiger partial charge < -0.3 is 9.47 Å². The molecule has 1 saturated heterocycles. The second kappa shape index (κ2) is 4.69. The lowest BCUT2D eigenvalue weighted by molar-refractivity contribution is -0.0569. The van der Waals surface area contributed by atoms with Crippen LogP contribution < -0.4 is 0 Å². The van der Waals surface area contributed by atoms with Gasteiger partial charge >= 0.3 is 6.09 Å². The van der Waals surface area contributed by atoms with Crippen LogP contribution in [0.2, 0.25) is 0 Å². The first-order chi connectivity index (χ1) is 7.70. The predicted octanol–water partition coefficient (Wildman–Crippen LogP) is 2.93. The minimum absolute atomic E-state index is 0.160. The molecular weight excluding hydrogens is 218 g/mol. The summed E-state index contributed by atoms with van der Waals surface area (Å²) >= 11 is 0. The maximum Gasteiger partial charge on any atom is 0.412 e. The lowest BCUT2D eigenvalue weighted by Crippen LogP contribution is -2.53. The van der Waals surface area contributed by atoms with Crippen molar-refractivity contribution in [2.45, 2.75) is 58.4 Å². The SMILES string of the molecule is C=CCC(C)OC(=O)N1C(C)(C)COC1(C)C. The van der Waals surface area contributed by atoms with Gasteiger partial charge in [0.15, 0.2) is 0 Å². The van der Waals surface area contributed by atoms with Crippen LogP contribution in [0.1, 0.15) is 41.0 Å².